The average molecular weight is 187 g/mol. The van der Waals surface area contributed by atoms with Crippen LogP contribution in [0.15, 0.2) is 6.07 Å². The number of hydrogen-bond donors (Lipinski definition) is 1. The lowest BCUT2D eigenvalue weighted by molar-refractivity contribution is 0.574. The zero-order valence-electron chi connectivity index (χ0n) is 8.25. The topological polar surface area (TPSA) is 62.7 Å². The maximum atomic E-state index is 8.82. The van der Waals surface area contributed by atoms with E-state index in [1.165, 1.54) is 18.4 Å². The Labute approximate surface area is 83.6 Å². The molecule has 0 aliphatic heterocycles. The number of rotatable bonds is 0. The molecule has 1 unspecified atom stereocenters. The van der Waals surface area contributed by atoms with Gasteiger partial charge < -0.3 is 5.73 Å². The molecule has 3 heteroatoms. The fraction of sp³-hybridized carbons (Fsp3) is 0.455. The molecule has 3 nitrogen and oxygen atoms in total. The zero-order valence-corrected chi connectivity index (χ0v) is 8.25. The van der Waals surface area contributed by atoms with E-state index in [1.54, 1.807) is 0 Å². The zero-order chi connectivity index (χ0) is 10.1. The van der Waals surface area contributed by atoms with Gasteiger partial charge in [0.1, 0.15) is 11.9 Å². The minimum absolute atomic E-state index is 0.375. The van der Waals surface area contributed by atoms with E-state index in [0.717, 1.165) is 12.1 Å². The summed E-state index contributed by atoms with van der Waals surface area (Å²) < 4.78 is 0. The largest absolute Gasteiger partial charge is 0.383 e. The van der Waals surface area contributed by atoms with Crippen molar-refractivity contribution in [1.29, 1.82) is 5.26 Å². The third-order valence-corrected chi connectivity index (χ3v) is 2.83. The van der Waals surface area contributed by atoms with Gasteiger partial charge in [0.2, 0.25) is 0 Å². The second-order valence-corrected chi connectivity index (χ2v) is 3.87. The molecule has 2 N–H and O–H groups in total. The molecular weight excluding hydrogens is 174 g/mol. The molecule has 1 aromatic heterocycles. The van der Waals surface area contributed by atoms with Gasteiger partial charge in [0, 0.05) is 5.69 Å². The predicted octanol–water partition coefficient (Wildman–Crippen LogP) is 1.98. The fourth-order valence-corrected chi connectivity index (χ4v) is 2.04. The summed E-state index contributed by atoms with van der Waals surface area (Å²) >= 11 is 0. The first-order valence-electron chi connectivity index (χ1n) is 4.91. The molecule has 0 aromatic carbocycles. The summed E-state index contributed by atoms with van der Waals surface area (Å²) in [7, 11) is 0. The Bertz CT molecular complexity index is 404. The maximum Gasteiger partial charge on any atom is 0.141 e. The normalized spacial score (nSPS) is 19.9. The monoisotopic (exact) mass is 187 g/mol. The Morgan fingerprint density at radius 2 is 2.43 bits per heavy atom. The minimum Gasteiger partial charge on any atom is -0.383 e. The van der Waals surface area contributed by atoms with E-state index in [-0.39, 0.29) is 0 Å². The molecule has 0 amide bonds. The third kappa shape index (κ3) is 1.33. The van der Waals surface area contributed by atoms with Crippen molar-refractivity contribution in [2.45, 2.75) is 32.1 Å². The molecule has 1 aliphatic carbocycles. The second-order valence-electron chi connectivity index (χ2n) is 3.87. The van der Waals surface area contributed by atoms with Crippen LogP contribution < -0.4 is 5.73 Å². The highest BCUT2D eigenvalue weighted by Crippen LogP contribution is 2.31. The summed E-state index contributed by atoms with van der Waals surface area (Å²) in [4.78, 5) is 4.32. The molecule has 1 aromatic rings. The number of nitrogens with two attached hydrogens (primary N) is 1. The first-order chi connectivity index (χ1) is 6.72. The summed E-state index contributed by atoms with van der Waals surface area (Å²) in [6, 6.07) is 3.97. The number of aromatic nitrogens is 1. The predicted molar refractivity (Wildman–Crippen MR) is 54.7 cm³/mol. The summed E-state index contributed by atoms with van der Waals surface area (Å²) in [6.45, 7) is 2.16. The van der Waals surface area contributed by atoms with E-state index in [4.69, 9.17) is 11.0 Å². The number of pyridine rings is 1. The van der Waals surface area contributed by atoms with Crippen molar-refractivity contribution >= 4 is 5.82 Å². The average Bonchev–Trinajstić information content (AvgIpc) is 2.19. The molecule has 0 fully saturated rings. The van der Waals surface area contributed by atoms with Crippen LogP contribution in [0.4, 0.5) is 5.82 Å². The Balaban J connectivity index is 2.55. The lowest BCUT2D eigenvalue weighted by atomic mass is 9.87. The van der Waals surface area contributed by atoms with Gasteiger partial charge in [-0.1, -0.05) is 6.92 Å². The van der Waals surface area contributed by atoms with E-state index >= 15 is 0 Å². The van der Waals surface area contributed by atoms with Gasteiger partial charge in [0.15, 0.2) is 0 Å². The quantitative estimate of drug-likeness (QED) is 0.675. The van der Waals surface area contributed by atoms with Crippen molar-refractivity contribution in [1.82, 2.24) is 4.98 Å². The second kappa shape index (κ2) is 3.30. The van der Waals surface area contributed by atoms with Gasteiger partial charge in [-0.15, -0.1) is 0 Å². The van der Waals surface area contributed by atoms with Crippen LogP contribution in [-0.2, 0) is 6.42 Å². The third-order valence-electron chi connectivity index (χ3n) is 2.83. The van der Waals surface area contributed by atoms with Crippen molar-refractivity contribution in [3.8, 4) is 6.07 Å². The number of nitrogen functional groups attached to an aromatic ring is 1. The molecule has 14 heavy (non-hydrogen) atoms. The Kier molecular flexibility index (Phi) is 2.12. The highest BCUT2D eigenvalue weighted by Gasteiger charge is 2.19. The SMILES string of the molecule is CC1CCCc2cc(C#N)c(N)nc21. The minimum atomic E-state index is 0.375. The van der Waals surface area contributed by atoms with Gasteiger partial charge in [-0.3, -0.25) is 0 Å². The van der Waals surface area contributed by atoms with Gasteiger partial charge in [0.05, 0.1) is 5.56 Å². The molecule has 0 bridgehead atoms. The highest BCUT2D eigenvalue weighted by atomic mass is 14.9. The van der Waals surface area contributed by atoms with E-state index in [2.05, 4.69) is 18.0 Å². The summed E-state index contributed by atoms with van der Waals surface area (Å²) in [5.41, 5.74) is 8.49. The van der Waals surface area contributed by atoms with Crippen molar-refractivity contribution in [3.63, 3.8) is 0 Å². The molecule has 72 valence electrons. The van der Waals surface area contributed by atoms with Crippen LogP contribution in [0.3, 0.4) is 0 Å². The Morgan fingerprint density at radius 3 is 3.14 bits per heavy atom. The number of nitriles is 1. The molecule has 1 aliphatic rings. The van der Waals surface area contributed by atoms with Gasteiger partial charge in [0.25, 0.3) is 0 Å². The molecule has 1 atom stereocenters. The molecule has 0 saturated heterocycles. The van der Waals surface area contributed by atoms with E-state index in [0.29, 0.717) is 17.3 Å². The van der Waals surface area contributed by atoms with Crippen molar-refractivity contribution in [2.24, 2.45) is 0 Å². The van der Waals surface area contributed by atoms with E-state index in [1.807, 2.05) is 6.07 Å². The number of aryl methyl sites for hydroxylation is 1. The number of hydrogen-bond acceptors (Lipinski definition) is 3. The molecule has 1 heterocycles. The van der Waals surface area contributed by atoms with Crippen LogP contribution in [-0.4, -0.2) is 4.98 Å². The van der Waals surface area contributed by atoms with Crippen LogP contribution in [0.25, 0.3) is 0 Å². The van der Waals surface area contributed by atoms with Crippen molar-refractivity contribution in [3.05, 3.63) is 22.9 Å². The number of nitrogens with zero attached hydrogens (tertiary/aromatic N) is 2. The van der Waals surface area contributed by atoms with Crippen LogP contribution in [0.1, 0.15) is 42.5 Å². The van der Waals surface area contributed by atoms with E-state index < -0.39 is 0 Å². The maximum absolute atomic E-state index is 8.82. The Hall–Kier alpha value is -1.56. The van der Waals surface area contributed by atoms with Gasteiger partial charge in [-0.25, -0.2) is 4.98 Å². The molecule has 0 saturated carbocycles. The highest BCUT2D eigenvalue weighted by molar-refractivity contribution is 5.51. The summed E-state index contributed by atoms with van der Waals surface area (Å²) in [5, 5.41) is 8.82. The summed E-state index contributed by atoms with van der Waals surface area (Å²) in [5.74, 6) is 0.855. The lowest BCUT2D eigenvalue weighted by Crippen LogP contribution is -2.12. The number of fused-ring (bicyclic) bond motifs is 1. The van der Waals surface area contributed by atoms with Crippen LogP contribution in [0.2, 0.25) is 0 Å². The number of anilines is 1. The summed E-state index contributed by atoms with van der Waals surface area (Å²) in [6.07, 6.45) is 3.39. The van der Waals surface area contributed by atoms with Gasteiger partial charge in [-0.05, 0) is 36.8 Å². The lowest BCUT2D eigenvalue weighted by Gasteiger charge is -2.21. The molecule has 0 radical (unpaired) electrons. The molecule has 2 rings (SSSR count). The van der Waals surface area contributed by atoms with E-state index in [9.17, 15) is 0 Å². The first kappa shape index (κ1) is 9.01. The standard InChI is InChI=1S/C11H13N3/c1-7-3-2-4-8-5-9(6-12)11(13)14-10(7)8/h5,7H,2-4H2,1H3,(H2,13,14). The van der Waals surface area contributed by atoms with Crippen molar-refractivity contribution in [2.75, 3.05) is 5.73 Å². The first-order valence-corrected chi connectivity index (χ1v) is 4.91. The van der Waals surface area contributed by atoms with Crippen LogP contribution >= 0.6 is 0 Å². The van der Waals surface area contributed by atoms with Crippen molar-refractivity contribution < 1.29 is 0 Å². The fourth-order valence-electron chi connectivity index (χ4n) is 2.04. The molecular formula is C11H13N3. The van der Waals surface area contributed by atoms with Gasteiger partial charge >= 0.3 is 0 Å². The van der Waals surface area contributed by atoms with Crippen LogP contribution in [0, 0.1) is 11.3 Å². The van der Waals surface area contributed by atoms with Gasteiger partial charge in [-0.2, -0.15) is 5.26 Å². The molecule has 0 spiro atoms. The van der Waals surface area contributed by atoms with Crippen LogP contribution in [0.5, 0.6) is 0 Å². The Morgan fingerprint density at radius 1 is 1.64 bits per heavy atom. The smallest absolute Gasteiger partial charge is 0.141 e.